The lowest BCUT2D eigenvalue weighted by molar-refractivity contribution is 0.0937. The molecule has 1 saturated heterocycles. The average molecular weight is 360 g/mol. The number of aromatic nitrogens is 4. The fourth-order valence-electron chi connectivity index (χ4n) is 3.03. The first-order chi connectivity index (χ1) is 12.4. The second kappa shape index (κ2) is 6.46. The molecule has 2 aliphatic rings. The number of carbonyl (C=O) groups excluding carboxylic acids is 1. The molecule has 26 heavy (non-hydrogen) atoms. The predicted molar refractivity (Wildman–Crippen MR) is 90.2 cm³/mol. The highest BCUT2D eigenvalue weighted by molar-refractivity contribution is 5.90. The fourth-order valence-corrected chi connectivity index (χ4v) is 3.03. The number of carbonyl (C=O) groups is 1. The quantitative estimate of drug-likeness (QED) is 0.862. The van der Waals surface area contributed by atoms with Crippen LogP contribution in [0, 0.1) is 0 Å². The zero-order chi connectivity index (χ0) is 18.3. The van der Waals surface area contributed by atoms with Crippen molar-refractivity contribution in [3.05, 3.63) is 23.4 Å². The van der Waals surface area contributed by atoms with Gasteiger partial charge in [0.2, 0.25) is 11.8 Å². The van der Waals surface area contributed by atoms with E-state index in [1.807, 2.05) is 20.8 Å². The Balaban J connectivity index is 1.44. The maximum absolute atomic E-state index is 12.0. The van der Waals surface area contributed by atoms with Crippen molar-refractivity contribution in [3.8, 4) is 0 Å². The highest BCUT2D eigenvalue weighted by Gasteiger charge is 2.34. The van der Waals surface area contributed by atoms with Gasteiger partial charge in [0.1, 0.15) is 0 Å². The molecule has 0 unspecified atom stereocenters. The van der Waals surface area contributed by atoms with Crippen molar-refractivity contribution in [2.45, 2.75) is 70.5 Å². The van der Waals surface area contributed by atoms with Crippen LogP contribution in [0.25, 0.3) is 0 Å². The summed E-state index contributed by atoms with van der Waals surface area (Å²) < 4.78 is 10.8. The summed E-state index contributed by atoms with van der Waals surface area (Å²) in [7, 11) is 0. The van der Waals surface area contributed by atoms with Gasteiger partial charge in [0.05, 0.1) is 12.6 Å². The normalized spacial score (nSPS) is 21.3. The van der Waals surface area contributed by atoms with E-state index >= 15 is 0 Å². The Hall–Kier alpha value is -2.29. The summed E-state index contributed by atoms with van der Waals surface area (Å²) in [6.45, 7) is 7.55. The van der Waals surface area contributed by atoms with Crippen molar-refractivity contribution in [1.82, 2.24) is 30.5 Å². The van der Waals surface area contributed by atoms with Gasteiger partial charge in [0, 0.05) is 11.5 Å². The van der Waals surface area contributed by atoms with Crippen molar-refractivity contribution in [2.75, 3.05) is 6.54 Å². The summed E-state index contributed by atoms with van der Waals surface area (Å²) in [6.07, 6.45) is 3.95. The number of nitrogens with one attached hydrogen (secondary N) is 1. The summed E-state index contributed by atoms with van der Waals surface area (Å²) in [6, 6.07) is 0.233. The molecule has 1 N–H and O–H groups in total. The van der Waals surface area contributed by atoms with E-state index in [9.17, 15) is 4.79 Å². The first-order valence-electron chi connectivity index (χ1n) is 9.12. The van der Waals surface area contributed by atoms with Gasteiger partial charge >= 0.3 is 0 Å². The molecular weight excluding hydrogens is 336 g/mol. The van der Waals surface area contributed by atoms with Crippen LogP contribution >= 0.6 is 0 Å². The monoisotopic (exact) mass is 360 g/mol. The van der Waals surface area contributed by atoms with Crippen molar-refractivity contribution < 1.29 is 13.8 Å². The molecule has 0 spiro atoms. The fraction of sp³-hybridized carbons (Fsp3) is 0.706. The Labute approximate surface area is 151 Å². The van der Waals surface area contributed by atoms with Gasteiger partial charge in [0.25, 0.3) is 11.7 Å². The molecule has 1 saturated carbocycles. The lowest BCUT2D eigenvalue weighted by atomic mass is 9.96. The molecule has 0 aromatic carbocycles. The third-order valence-electron chi connectivity index (χ3n) is 4.68. The molecule has 1 aliphatic heterocycles. The highest BCUT2D eigenvalue weighted by atomic mass is 16.5. The van der Waals surface area contributed by atoms with E-state index in [4.69, 9.17) is 9.05 Å². The first-order valence-corrected chi connectivity index (χ1v) is 9.12. The zero-order valence-electron chi connectivity index (χ0n) is 15.4. The van der Waals surface area contributed by atoms with Crippen molar-refractivity contribution >= 4 is 5.91 Å². The van der Waals surface area contributed by atoms with Gasteiger partial charge in [-0.3, -0.25) is 9.69 Å². The summed E-state index contributed by atoms with van der Waals surface area (Å²) in [5, 5.41) is 10.8. The number of amides is 1. The maximum atomic E-state index is 12.0. The second-order valence-electron chi connectivity index (χ2n) is 8.09. The molecule has 1 aliphatic carbocycles. The molecule has 2 aromatic heterocycles. The van der Waals surface area contributed by atoms with Gasteiger partial charge in [-0.1, -0.05) is 31.1 Å². The smallest absolute Gasteiger partial charge is 0.292 e. The molecule has 1 amide bonds. The van der Waals surface area contributed by atoms with E-state index in [1.54, 1.807) is 0 Å². The molecule has 9 nitrogen and oxygen atoms in total. The Morgan fingerprint density at radius 3 is 2.69 bits per heavy atom. The van der Waals surface area contributed by atoms with E-state index in [2.05, 4.69) is 30.5 Å². The minimum absolute atomic E-state index is 0.0324. The van der Waals surface area contributed by atoms with Crippen molar-refractivity contribution in [2.24, 2.45) is 0 Å². The minimum Gasteiger partial charge on any atom is -0.346 e. The van der Waals surface area contributed by atoms with Crippen LogP contribution in [0.3, 0.4) is 0 Å². The number of hydrogen-bond donors (Lipinski definition) is 1. The van der Waals surface area contributed by atoms with Crippen LogP contribution in [-0.2, 0) is 12.0 Å². The average Bonchev–Trinajstić information content (AvgIpc) is 3.01. The predicted octanol–water partition coefficient (Wildman–Crippen LogP) is 1.98. The molecular formula is C17H24N6O3. The Morgan fingerprint density at radius 1 is 1.19 bits per heavy atom. The Morgan fingerprint density at radius 2 is 2.00 bits per heavy atom. The summed E-state index contributed by atoms with van der Waals surface area (Å²) in [5.41, 5.74) is -0.150. The lowest BCUT2D eigenvalue weighted by Gasteiger charge is -2.19. The molecule has 2 fully saturated rings. The second-order valence-corrected chi connectivity index (χ2v) is 8.09. The van der Waals surface area contributed by atoms with Crippen LogP contribution in [0.5, 0.6) is 0 Å². The topological polar surface area (TPSA) is 110 Å². The van der Waals surface area contributed by atoms with E-state index in [0.717, 1.165) is 32.2 Å². The van der Waals surface area contributed by atoms with E-state index in [0.29, 0.717) is 24.2 Å². The summed E-state index contributed by atoms with van der Waals surface area (Å²) >= 11 is 0. The minimum atomic E-state index is -0.265. The number of hydrogen-bond acceptors (Lipinski definition) is 8. The van der Waals surface area contributed by atoms with Crippen LogP contribution in [0.2, 0.25) is 0 Å². The van der Waals surface area contributed by atoms with Gasteiger partial charge < -0.3 is 14.4 Å². The zero-order valence-corrected chi connectivity index (χ0v) is 15.4. The van der Waals surface area contributed by atoms with Crippen LogP contribution in [0.4, 0.5) is 0 Å². The first kappa shape index (κ1) is 17.1. The molecule has 3 heterocycles. The van der Waals surface area contributed by atoms with E-state index in [-0.39, 0.29) is 29.2 Å². The Bertz CT molecular complexity index is 789. The van der Waals surface area contributed by atoms with Crippen molar-refractivity contribution in [1.29, 1.82) is 0 Å². The largest absolute Gasteiger partial charge is 0.346 e. The van der Waals surface area contributed by atoms with Crippen molar-refractivity contribution in [3.63, 3.8) is 0 Å². The maximum Gasteiger partial charge on any atom is 0.292 e. The number of nitrogens with zero attached hydrogens (tertiary/aromatic N) is 5. The molecule has 1 atom stereocenters. The van der Waals surface area contributed by atoms with Gasteiger partial charge in [0.15, 0.2) is 5.82 Å². The third-order valence-corrected chi connectivity index (χ3v) is 4.68. The third kappa shape index (κ3) is 3.62. The SMILES string of the molecule is CC(C)(C)c1noc(CN2CCC[C@H]2c2nc(C(=O)NC3CC3)no2)n1. The van der Waals surface area contributed by atoms with Gasteiger partial charge in [-0.2, -0.15) is 9.97 Å². The summed E-state index contributed by atoms with van der Waals surface area (Å²) in [4.78, 5) is 23.0. The highest BCUT2D eigenvalue weighted by Crippen LogP contribution is 2.32. The van der Waals surface area contributed by atoms with Gasteiger partial charge in [-0.15, -0.1) is 0 Å². The molecule has 0 bridgehead atoms. The van der Waals surface area contributed by atoms with Crippen LogP contribution in [0.15, 0.2) is 9.05 Å². The van der Waals surface area contributed by atoms with E-state index < -0.39 is 0 Å². The number of rotatable bonds is 5. The van der Waals surface area contributed by atoms with Gasteiger partial charge in [-0.25, -0.2) is 0 Å². The molecule has 2 aromatic rings. The number of likely N-dealkylation sites (tertiary alicyclic amines) is 1. The molecule has 0 radical (unpaired) electrons. The van der Waals surface area contributed by atoms with Crippen LogP contribution in [-0.4, -0.2) is 43.7 Å². The van der Waals surface area contributed by atoms with Crippen LogP contribution in [0.1, 0.15) is 80.7 Å². The van der Waals surface area contributed by atoms with Gasteiger partial charge in [-0.05, 0) is 32.2 Å². The van der Waals surface area contributed by atoms with E-state index in [1.165, 1.54) is 0 Å². The molecule has 9 heteroatoms. The molecule has 140 valence electrons. The molecule has 4 rings (SSSR count). The summed E-state index contributed by atoms with van der Waals surface area (Å²) in [5.74, 6) is 1.58. The standard InChI is InChI=1S/C17H24N6O3/c1-17(2,3)16-19-12(25-22-16)9-23-8-4-5-11(23)15-20-13(21-26-15)14(24)18-10-6-7-10/h10-11H,4-9H2,1-3H3,(H,18,24)/t11-/m0/s1. The van der Waals surface area contributed by atoms with Crippen LogP contribution < -0.4 is 5.32 Å². The lowest BCUT2D eigenvalue weighted by Crippen LogP contribution is -2.27. The Kier molecular flexibility index (Phi) is 4.26.